The van der Waals surface area contributed by atoms with Crippen LogP contribution in [0.25, 0.3) is 11.8 Å². The third kappa shape index (κ3) is 3.88. The maximum atomic E-state index is 12.4. The highest BCUT2D eigenvalue weighted by atomic mass is 32.2. The van der Waals surface area contributed by atoms with E-state index in [0.717, 1.165) is 17.1 Å². The summed E-state index contributed by atoms with van der Waals surface area (Å²) in [7, 11) is 0. The third-order valence-electron chi connectivity index (χ3n) is 4.29. The van der Waals surface area contributed by atoms with E-state index in [-0.39, 0.29) is 5.91 Å². The van der Waals surface area contributed by atoms with Crippen LogP contribution in [0.5, 0.6) is 0 Å². The van der Waals surface area contributed by atoms with Gasteiger partial charge in [0.15, 0.2) is 5.17 Å². The van der Waals surface area contributed by atoms with E-state index in [1.807, 2.05) is 55.6 Å². The third-order valence-corrected chi connectivity index (χ3v) is 5.20. The molecule has 4 nitrogen and oxygen atoms in total. The molecule has 134 valence electrons. The van der Waals surface area contributed by atoms with Gasteiger partial charge in [-0.1, -0.05) is 35.4 Å². The summed E-state index contributed by atoms with van der Waals surface area (Å²) >= 11 is 1.36. The van der Waals surface area contributed by atoms with Crippen LogP contribution in [-0.2, 0) is 4.79 Å². The Morgan fingerprint density at radius 2 is 1.63 bits per heavy atom. The Morgan fingerprint density at radius 1 is 0.963 bits per heavy atom. The molecule has 2 aromatic carbocycles. The molecule has 4 rings (SSSR count). The number of benzene rings is 2. The predicted molar refractivity (Wildman–Crippen MR) is 112 cm³/mol. The summed E-state index contributed by atoms with van der Waals surface area (Å²) in [6.45, 7) is 4.10. The Bertz CT molecular complexity index is 1040. The Hall–Kier alpha value is -3.05. The van der Waals surface area contributed by atoms with Crippen molar-refractivity contribution in [3.8, 4) is 5.69 Å². The zero-order valence-corrected chi connectivity index (χ0v) is 16.0. The number of aromatic nitrogens is 1. The fourth-order valence-corrected chi connectivity index (χ4v) is 3.63. The van der Waals surface area contributed by atoms with Crippen molar-refractivity contribution >= 4 is 34.6 Å². The second-order valence-electron chi connectivity index (χ2n) is 6.46. The van der Waals surface area contributed by atoms with Crippen LogP contribution in [0.4, 0.5) is 5.69 Å². The van der Waals surface area contributed by atoms with Crippen LogP contribution in [0.2, 0.25) is 0 Å². The van der Waals surface area contributed by atoms with Crippen LogP contribution in [0.1, 0.15) is 16.8 Å². The normalized spacial score (nSPS) is 16.9. The summed E-state index contributed by atoms with van der Waals surface area (Å²) in [5.74, 6) is -0.123. The first-order chi connectivity index (χ1) is 13.1. The van der Waals surface area contributed by atoms with Gasteiger partial charge in [-0.3, -0.25) is 4.79 Å². The van der Waals surface area contributed by atoms with Crippen molar-refractivity contribution in [2.45, 2.75) is 13.8 Å². The summed E-state index contributed by atoms with van der Waals surface area (Å²) in [5.41, 5.74) is 5.24. The number of rotatable bonds is 3. The van der Waals surface area contributed by atoms with E-state index < -0.39 is 0 Å². The molecule has 0 spiro atoms. The lowest BCUT2D eigenvalue weighted by Gasteiger charge is -2.07. The van der Waals surface area contributed by atoms with E-state index in [0.29, 0.717) is 10.1 Å². The van der Waals surface area contributed by atoms with Crippen molar-refractivity contribution in [1.82, 2.24) is 9.88 Å². The maximum absolute atomic E-state index is 12.4. The molecule has 0 bridgehead atoms. The molecule has 1 aliphatic heterocycles. The minimum atomic E-state index is -0.123. The van der Waals surface area contributed by atoms with Crippen LogP contribution in [-0.4, -0.2) is 15.6 Å². The van der Waals surface area contributed by atoms with Gasteiger partial charge in [-0.05, 0) is 68.1 Å². The number of amides is 1. The summed E-state index contributed by atoms with van der Waals surface area (Å²) in [6, 6.07) is 20.2. The van der Waals surface area contributed by atoms with Gasteiger partial charge in [0.05, 0.1) is 10.6 Å². The van der Waals surface area contributed by atoms with Gasteiger partial charge in [-0.15, -0.1) is 0 Å². The smallest absolute Gasteiger partial charge is 0.264 e. The molecule has 1 aliphatic rings. The minimum Gasteiger partial charge on any atom is -0.317 e. The number of nitrogens with zero attached hydrogens (tertiary/aromatic N) is 2. The lowest BCUT2D eigenvalue weighted by Crippen LogP contribution is -2.19. The van der Waals surface area contributed by atoms with Gasteiger partial charge in [0, 0.05) is 17.6 Å². The number of thioether (sulfide) groups is 1. The first kappa shape index (κ1) is 17.4. The second kappa shape index (κ2) is 7.29. The first-order valence-electron chi connectivity index (χ1n) is 8.69. The van der Waals surface area contributed by atoms with Crippen molar-refractivity contribution < 1.29 is 4.79 Å². The number of hydrogen-bond donors (Lipinski definition) is 1. The fourth-order valence-electron chi connectivity index (χ4n) is 2.80. The molecular weight excluding hydrogens is 354 g/mol. The number of nitrogens with one attached hydrogen (secondary N) is 1. The average Bonchev–Trinajstić information content (AvgIpc) is 3.25. The summed E-state index contributed by atoms with van der Waals surface area (Å²) in [5, 5.41) is 3.44. The number of aliphatic imine (C=N–C) groups is 1. The lowest BCUT2D eigenvalue weighted by molar-refractivity contribution is -0.115. The Kier molecular flexibility index (Phi) is 4.69. The molecule has 0 radical (unpaired) electrons. The number of carbonyl (C=O) groups excluding carboxylic acids is 1. The van der Waals surface area contributed by atoms with Crippen molar-refractivity contribution in [2.24, 2.45) is 4.99 Å². The van der Waals surface area contributed by atoms with Gasteiger partial charge in [0.25, 0.3) is 5.91 Å². The molecule has 0 atom stereocenters. The molecule has 0 aliphatic carbocycles. The van der Waals surface area contributed by atoms with Crippen LogP contribution in [0.3, 0.4) is 0 Å². The number of amidine groups is 1. The minimum absolute atomic E-state index is 0.123. The molecule has 1 N–H and O–H groups in total. The molecule has 0 saturated carbocycles. The van der Waals surface area contributed by atoms with Crippen molar-refractivity contribution in [1.29, 1.82) is 0 Å². The van der Waals surface area contributed by atoms with Crippen molar-refractivity contribution in [3.63, 3.8) is 0 Å². The van der Waals surface area contributed by atoms with E-state index in [9.17, 15) is 4.79 Å². The predicted octanol–water partition coefficient (Wildman–Crippen LogP) is 4.99. The molecule has 27 heavy (non-hydrogen) atoms. The Labute approximate surface area is 162 Å². The van der Waals surface area contributed by atoms with Crippen LogP contribution in [0, 0.1) is 13.8 Å². The van der Waals surface area contributed by atoms with Crippen molar-refractivity contribution in [3.05, 3.63) is 88.6 Å². The zero-order chi connectivity index (χ0) is 18.8. The molecular formula is C22H19N3OS. The highest BCUT2D eigenvalue weighted by molar-refractivity contribution is 8.18. The van der Waals surface area contributed by atoms with Crippen LogP contribution < -0.4 is 5.32 Å². The Balaban J connectivity index is 1.60. The average molecular weight is 373 g/mol. The van der Waals surface area contributed by atoms with Crippen molar-refractivity contribution in [2.75, 3.05) is 0 Å². The van der Waals surface area contributed by atoms with E-state index in [2.05, 4.69) is 46.1 Å². The van der Waals surface area contributed by atoms with E-state index in [1.165, 1.54) is 22.9 Å². The first-order valence-corrected chi connectivity index (χ1v) is 9.51. The topological polar surface area (TPSA) is 46.4 Å². The molecule has 5 heteroatoms. The van der Waals surface area contributed by atoms with Gasteiger partial charge in [-0.25, -0.2) is 4.99 Å². The molecule has 1 fully saturated rings. The summed E-state index contributed by atoms with van der Waals surface area (Å²) in [6.07, 6.45) is 3.90. The van der Waals surface area contributed by atoms with Crippen LogP contribution in [0.15, 0.2) is 76.8 Å². The second-order valence-corrected chi connectivity index (χ2v) is 7.49. The number of hydrogen-bond acceptors (Lipinski definition) is 3. The van der Waals surface area contributed by atoms with Gasteiger partial charge in [-0.2, -0.15) is 0 Å². The standard InChI is InChI=1S/C22H19N3OS/c1-15-5-9-17(10-6-15)23-22-24-21(26)20(27-22)14-19-4-3-13-25(19)18-11-7-16(2)8-12-18/h3-14H,1-2H3,(H,23,24,26)/b20-14+. The highest BCUT2D eigenvalue weighted by Gasteiger charge is 2.24. The van der Waals surface area contributed by atoms with Gasteiger partial charge in [0.1, 0.15) is 0 Å². The molecule has 3 aromatic rings. The van der Waals surface area contributed by atoms with E-state index in [1.54, 1.807) is 0 Å². The van der Waals surface area contributed by atoms with Gasteiger partial charge in [0.2, 0.25) is 0 Å². The van der Waals surface area contributed by atoms with Crippen LogP contribution >= 0.6 is 11.8 Å². The van der Waals surface area contributed by atoms with E-state index in [4.69, 9.17) is 0 Å². The quantitative estimate of drug-likeness (QED) is 0.658. The van der Waals surface area contributed by atoms with Gasteiger partial charge >= 0.3 is 0 Å². The summed E-state index contributed by atoms with van der Waals surface area (Å²) in [4.78, 5) is 17.5. The SMILES string of the molecule is Cc1ccc(N=C2NC(=O)/C(=C\c3cccn3-c3ccc(C)cc3)S2)cc1. The molecule has 1 aromatic heterocycles. The highest BCUT2D eigenvalue weighted by Crippen LogP contribution is 2.29. The zero-order valence-electron chi connectivity index (χ0n) is 15.1. The fraction of sp³-hybridized carbons (Fsp3) is 0.0909. The monoisotopic (exact) mass is 373 g/mol. The molecule has 1 amide bonds. The largest absolute Gasteiger partial charge is 0.317 e. The lowest BCUT2D eigenvalue weighted by atomic mass is 10.2. The van der Waals surface area contributed by atoms with Gasteiger partial charge < -0.3 is 9.88 Å². The molecule has 2 heterocycles. The molecule has 1 saturated heterocycles. The molecule has 0 unspecified atom stereocenters. The number of aryl methyl sites for hydroxylation is 2. The maximum Gasteiger partial charge on any atom is 0.264 e. The van der Waals surface area contributed by atoms with E-state index >= 15 is 0 Å². The summed E-state index contributed by atoms with van der Waals surface area (Å²) < 4.78 is 2.06. The Morgan fingerprint density at radius 3 is 2.33 bits per heavy atom. The number of carbonyl (C=O) groups is 1.